The third kappa shape index (κ3) is 3.66. The maximum absolute atomic E-state index is 12.1. The van der Waals surface area contributed by atoms with Crippen LogP contribution in [0.3, 0.4) is 0 Å². The minimum absolute atomic E-state index is 0.103. The van der Waals surface area contributed by atoms with Gasteiger partial charge in [0.2, 0.25) is 10.0 Å². The Bertz CT molecular complexity index is 517. The maximum Gasteiger partial charge on any atom is 0.242 e. The van der Waals surface area contributed by atoms with Crippen molar-refractivity contribution >= 4 is 37.6 Å². The number of nitrogens with one attached hydrogen (secondary N) is 1. The van der Waals surface area contributed by atoms with E-state index >= 15 is 0 Å². The van der Waals surface area contributed by atoms with Crippen molar-refractivity contribution in [3.8, 4) is 0 Å². The van der Waals surface area contributed by atoms with Crippen LogP contribution in [0.1, 0.15) is 13.8 Å². The number of benzene rings is 1. The van der Waals surface area contributed by atoms with Crippen LogP contribution in [0.15, 0.2) is 27.6 Å². The Morgan fingerprint density at radius 2 is 2.06 bits per heavy atom. The van der Waals surface area contributed by atoms with Crippen molar-refractivity contribution in [2.24, 2.45) is 5.73 Å². The summed E-state index contributed by atoms with van der Waals surface area (Å²) in [5.41, 5.74) is 4.79. The molecule has 4 nitrogen and oxygen atoms in total. The molecule has 1 rings (SSSR count). The van der Waals surface area contributed by atoms with Crippen molar-refractivity contribution in [3.63, 3.8) is 0 Å². The third-order valence-corrected chi connectivity index (χ3v) is 5.53. The minimum atomic E-state index is -3.64. The second-order valence-electron chi connectivity index (χ2n) is 4.25. The van der Waals surface area contributed by atoms with Crippen molar-refractivity contribution in [2.45, 2.75) is 24.3 Å². The zero-order valence-electron chi connectivity index (χ0n) is 9.50. The Balaban J connectivity index is 3.19. The molecule has 0 saturated heterocycles. The van der Waals surface area contributed by atoms with Gasteiger partial charge in [-0.25, -0.2) is 13.1 Å². The molecule has 0 aromatic heterocycles. The summed E-state index contributed by atoms with van der Waals surface area (Å²) in [6.45, 7) is 3.62. The van der Waals surface area contributed by atoms with Gasteiger partial charge in [0, 0.05) is 12.1 Å². The summed E-state index contributed by atoms with van der Waals surface area (Å²) in [5, 5.41) is 0.346. The van der Waals surface area contributed by atoms with E-state index < -0.39 is 15.6 Å². The average molecular weight is 342 g/mol. The first-order chi connectivity index (χ1) is 7.69. The highest BCUT2D eigenvalue weighted by molar-refractivity contribution is 9.10. The van der Waals surface area contributed by atoms with Gasteiger partial charge in [-0.15, -0.1) is 0 Å². The van der Waals surface area contributed by atoms with Gasteiger partial charge in [0.1, 0.15) is 0 Å². The first kappa shape index (κ1) is 14.9. The van der Waals surface area contributed by atoms with E-state index in [1.54, 1.807) is 26.0 Å². The fourth-order valence-corrected chi connectivity index (χ4v) is 3.81. The first-order valence-corrected chi connectivity index (χ1v) is 7.53. The maximum atomic E-state index is 12.1. The van der Waals surface area contributed by atoms with Gasteiger partial charge < -0.3 is 5.73 Å². The molecular formula is C10H14BrClN2O2S. The standard InChI is InChI=1S/C10H14BrClN2O2S/c1-10(2,6-13)14-17(15,16)8-5-3-4-7(12)9(8)11/h3-5,14H,6,13H2,1-2H3. The number of hydrogen-bond acceptors (Lipinski definition) is 3. The van der Waals surface area contributed by atoms with Crippen molar-refractivity contribution in [1.82, 2.24) is 4.72 Å². The van der Waals surface area contributed by atoms with Crippen molar-refractivity contribution in [2.75, 3.05) is 6.54 Å². The SMILES string of the molecule is CC(C)(CN)NS(=O)(=O)c1cccc(Cl)c1Br. The smallest absolute Gasteiger partial charge is 0.242 e. The summed E-state index contributed by atoms with van der Waals surface area (Å²) in [6, 6.07) is 4.67. The Labute approximate surface area is 115 Å². The number of hydrogen-bond donors (Lipinski definition) is 2. The second kappa shape index (κ2) is 5.24. The van der Waals surface area contributed by atoms with E-state index in [4.69, 9.17) is 17.3 Å². The molecule has 0 atom stereocenters. The lowest BCUT2D eigenvalue weighted by Crippen LogP contribution is -2.48. The van der Waals surface area contributed by atoms with Crippen LogP contribution in [-0.2, 0) is 10.0 Å². The molecule has 0 aliphatic rings. The summed E-state index contributed by atoms with van der Waals surface area (Å²) >= 11 is 9.02. The molecule has 1 aromatic rings. The topological polar surface area (TPSA) is 72.2 Å². The zero-order chi connectivity index (χ0) is 13.3. The Morgan fingerprint density at radius 1 is 1.47 bits per heavy atom. The van der Waals surface area contributed by atoms with Crippen LogP contribution in [0.4, 0.5) is 0 Å². The fourth-order valence-electron chi connectivity index (χ4n) is 1.15. The van der Waals surface area contributed by atoms with Crippen molar-refractivity contribution in [3.05, 3.63) is 27.7 Å². The predicted octanol–water partition coefficient (Wildman–Crippen LogP) is 2.12. The van der Waals surface area contributed by atoms with E-state index in [2.05, 4.69) is 20.7 Å². The third-order valence-electron chi connectivity index (χ3n) is 2.13. The molecule has 0 aliphatic heterocycles. The molecule has 0 amide bonds. The normalized spacial score (nSPS) is 12.8. The molecule has 7 heteroatoms. The molecule has 0 heterocycles. The largest absolute Gasteiger partial charge is 0.329 e. The molecular weight excluding hydrogens is 328 g/mol. The number of sulfonamides is 1. The number of nitrogens with two attached hydrogens (primary N) is 1. The van der Waals surface area contributed by atoms with Crippen LogP contribution in [-0.4, -0.2) is 20.5 Å². The summed E-state index contributed by atoms with van der Waals surface area (Å²) < 4.78 is 27.1. The molecule has 3 N–H and O–H groups in total. The van der Waals surface area contributed by atoms with Gasteiger partial charge >= 0.3 is 0 Å². The highest BCUT2D eigenvalue weighted by Gasteiger charge is 2.26. The van der Waals surface area contributed by atoms with Gasteiger partial charge in [-0.2, -0.15) is 0 Å². The molecule has 0 radical (unpaired) electrons. The van der Waals surface area contributed by atoms with Gasteiger partial charge in [-0.3, -0.25) is 0 Å². The van der Waals surface area contributed by atoms with Crippen LogP contribution in [0, 0.1) is 0 Å². The van der Waals surface area contributed by atoms with Crippen LogP contribution < -0.4 is 10.5 Å². The molecule has 1 aromatic carbocycles. The van der Waals surface area contributed by atoms with E-state index in [-0.39, 0.29) is 11.4 Å². The van der Waals surface area contributed by atoms with Gasteiger partial charge in [-0.1, -0.05) is 17.7 Å². The average Bonchev–Trinajstić information content (AvgIpc) is 2.20. The quantitative estimate of drug-likeness (QED) is 0.881. The number of rotatable bonds is 4. The monoisotopic (exact) mass is 340 g/mol. The van der Waals surface area contributed by atoms with Gasteiger partial charge in [-0.05, 0) is 41.9 Å². The lowest BCUT2D eigenvalue weighted by molar-refractivity contribution is 0.462. The van der Waals surface area contributed by atoms with Crippen LogP contribution in [0.25, 0.3) is 0 Å². The molecule has 17 heavy (non-hydrogen) atoms. The lowest BCUT2D eigenvalue weighted by atomic mass is 10.1. The van der Waals surface area contributed by atoms with E-state index in [0.717, 1.165) is 0 Å². The second-order valence-corrected chi connectivity index (χ2v) is 7.10. The molecule has 96 valence electrons. The fraction of sp³-hybridized carbons (Fsp3) is 0.400. The molecule has 0 spiro atoms. The van der Waals surface area contributed by atoms with Crippen molar-refractivity contribution < 1.29 is 8.42 Å². The molecule has 0 fully saturated rings. The van der Waals surface area contributed by atoms with Gasteiger partial charge in [0.05, 0.1) is 14.4 Å². The molecule has 0 bridgehead atoms. The Morgan fingerprint density at radius 3 is 2.59 bits per heavy atom. The minimum Gasteiger partial charge on any atom is -0.329 e. The zero-order valence-corrected chi connectivity index (χ0v) is 12.7. The van der Waals surface area contributed by atoms with Crippen molar-refractivity contribution in [1.29, 1.82) is 0 Å². The van der Waals surface area contributed by atoms with E-state index in [1.165, 1.54) is 6.07 Å². The summed E-state index contributed by atoms with van der Waals surface area (Å²) in [5.74, 6) is 0. The summed E-state index contributed by atoms with van der Waals surface area (Å²) in [6.07, 6.45) is 0. The molecule has 0 aliphatic carbocycles. The van der Waals surface area contributed by atoms with Crippen LogP contribution in [0.5, 0.6) is 0 Å². The Kier molecular flexibility index (Phi) is 4.60. The molecule has 0 unspecified atom stereocenters. The van der Waals surface area contributed by atoms with Gasteiger partial charge in [0.25, 0.3) is 0 Å². The summed E-state index contributed by atoms with van der Waals surface area (Å²) in [7, 11) is -3.64. The van der Waals surface area contributed by atoms with Crippen LogP contribution >= 0.6 is 27.5 Å². The number of halogens is 2. The lowest BCUT2D eigenvalue weighted by Gasteiger charge is -2.24. The van der Waals surface area contributed by atoms with Crippen LogP contribution in [0.2, 0.25) is 5.02 Å². The predicted molar refractivity (Wildman–Crippen MR) is 72.6 cm³/mol. The summed E-state index contributed by atoms with van der Waals surface area (Å²) in [4.78, 5) is 0.103. The highest BCUT2D eigenvalue weighted by atomic mass is 79.9. The highest BCUT2D eigenvalue weighted by Crippen LogP contribution is 2.29. The van der Waals surface area contributed by atoms with E-state index in [0.29, 0.717) is 9.50 Å². The van der Waals surface area contributed by atoms with E-state index in [9.17, 15) is 8.42 Å². The van der Waals surface area contributed by atoms with E-state index in [1.807, 2.05) is 0 Å². The molecule has 0 saturated carbocycles. The Hall–Kier alpha value is -0.140. The van der Waals surface area contributed by atoms with Gasteiger partial charge in [0.15, 0.2) is 0 Å². The first-order valence-electron chi connectivity index (χ1n) is 4.88.